The molecule has 2 aliphatic heterocycles. The zero-order valence-electron chi connectivity index (χ0n) is 22.1. The third kappa shape index (κ3) is 6.46. The number of pyridine rings is 1. The number of fused-ring (bicyclic) bond motifs is 1. The van der Waals surface area contributed by atoms with Crippen molar-refractivity contribution in [1.82, 2.24) is 9.88 Å². The third-order valence-electron chi connectivity index (χ3n) is 6.48. The Morgan fingerprint density at radius 3 is 2.72 bits per heavy atom. The topological polar surface area (TPSA) is 64.1 Å². The molecule has 0 bridgehead atoms. The Kier molecular flexibility index (Phi) is 8.03. The Balaban J connectivity index is 1.46. The molecular weight excluding hydrogens is 461 g/mol. The second kappa shape index (κ2) is 11.0. The van der Waals surface area contributed by atoms with Gasteiger partial charge in [0.15, 0.2) is 0 Å². The van der Waals surface area contributed by atoms with Crippen molar-refractivity contribution in [3.63, 3.8) is 0 Å². The Bertz CT molecular complexity index is 1070. The maximum Gasteiger partial charge on any atom is 0.410 e. The predicted octanol–water partition coefficient (Wildman–Crippen LogP) is 5.45. The lowest BCUT2D eigenvalue weighted by atomic mass is 9.95. The Hall–Kier alpha value is -2.87. The van der Waals surface area contributed by atoms with E-state index in [9.17, 15) is 4.79 Å². The molecule has 0 N–H and O–H groups in total. The minimum Gasteiger partial charge on any atom is -0.487 e. The fraction of sp³-hybridized carbons (Fsp3) is 0.571. The lowest BCUT2D eigenvalue weighted by Gasteiger charge is -2.34. The summed E-state index contributed by atoms with van der Waals surface area (Å²) in [7, 11) is 1.98. The highest BCUT2D eigenvalue weighted by Crippen LogP contribution is 2.35. The summed E-state index contributed by atoms with van der Waals surface area (Å²) in [5, 5.41) is 0. The summed E-state index contributed by atoms with van der Waals surface area (Å²) in [6, 6.07) is 5.34. The summed E-state index contributed by atoms with van der Waals surface area (Å²) in [4.78, 5) is 20.4. The molecule has 3 heterocycles. The molecule has 8 heteroatoms. The van der Waals surface area contributed by atoms with Crippen LogP contribution in [0.25, 0.3) is 11.1 Å². The van der Waals surface area contributed by atoms with Gasteiger partial charge in [0.2, 0.25) is 0 Å². The molecule has 0 saturated carbocycles. The first-order valence-electron chi connectivity index (χ1n) is 12.9. The highest BCUT2D eigenvalue weighted by Gasteiger charge is 2.31. The number of ether oxygens (including phenoxy) is 3. The molecule has 2 aromatic rings. The van der Waals surface area contributed by atoms with Crippen LogP contribution in [0.15, 0.2) is 30.6 Å². The highest BCUT2D eigenvalue weighted by atomic mass is 19.1. The summed E-state index contributed by atoms with van der Waals surface area (Å²) in [5.41, 5.74) is 2.59. The molecule has 1 aromatic heterocycles. The number of likely N-dealkylation sites (N-methyl/N-ethyl adjacent to an activating group) is 1. The Labute approximate surface area is 213 Å². The van der Waals surface area contributed by atoms with E-state index in [2.05, 4.69) is 16.8 Å². The summed E-state index contributed by atoms with van der Waals surface area (Å²) in [6.07, 6.45) is 6.45. The quantitative estimate of drug-likeness (QED) is 0.472. The van der Waals surface area contributed by atoms with Crippen LogP contribution in [0, 0.1) is 5.82 Å². The van der Waals surface area contributed by atoms with Crippen LogP contribution in [0.1, 0.15) is 52.5 Å². The molecule has 1 saturated heterocycles. The number of nitrogens with zero attached hydrogens (tertiary/aromatic N) is 3. The molecule has 0 radical (unpaired) electrons. The number of carbonyl (C=O) groups excluding carboxylic acids is 1. The monoisotopic (exact) mass is 499 g/mol. The van der Waals surface area contributed by atoms with Gasteiger partial charge in [-0.05, 0) is 51.0 Å². The molecule has 196 valence electrons. The average Bonchev–Trinajstić information content (AvgIpc) is 3.27. The van der Waals surface area contributed by atoms with Gasteiger partial charge < -0.3 is 24.0 Å². The van der Waals surface area contributed by atoms with Gasteiger partial charge in [0, 0.05) is 62.6 Å². The van der Waals surface area contributed by atoms with Crippen LogP contribution in [0.3, 0.4) is 0 Å². The van der Waals surface area contributed by atoms with Gasteiger partial charge in [-0.15, -0.1) is 0 Å². The average molecular weight is 500 g/mol. The SMILES string of the molecule is CCCCOC1Cc2cc(-c3cncc(O[C@@H]4CCN(C(=O)OC(C)(C)C)C4)c3)c(F)cc2N(C)C1. The molecule has 0 spiro atoms. The predicted molar refractivity (Wildman–Crippen MR) is 138 cm³/mol. The molecule has 1 fully saturated rings. The lowest BCUT2D eigenvalue weighted by Crippen LogP contribution is -2.37. The van der Waals surface area contributed by atoms with E-state index in [1.165, 1.54) is 0 Å². The normalized spacial score (nSPS) is 19.8. The van der Waals surface area contributed by atoms with Gasteiger partial charge in [-0.3, -0.25) is 4.98 Å². The van der Waals surface area contributed by atoms with E-state index in [0.717, 1.165) is 43.7 Å². The van der Waals surface area contributed by atoms with Gasteiger partial charge in [-0.2, -0.15) is 0 Å². The van der Waals surface area contributed by atoms with Gasteiger partial charge in [-0.1, -0.05) is 13.3 Å². The summed E-state index contributed by atoms with van der Waals surface area (Å²) >= 11 is 0. The molecule has 1 unspecified atom stereocenters. The summed E-state index contributed by atoms with van der Waals surface area (Å²) < 4.78 is 32.9. The van der Waals surface area contributed by atoms with Crippen molar-refractivity contribution in [1.29, 1.82) is 0 Å². The second-order valence-electron chi connectivity index (χ2n) is 10.8. The zero-order chi connectivity index (χ0) is 25.9. The van der Waals surface area contributed by atoms with Crippen molar-refractivity contribution < 1.29 is 23.4 Å². The number of halogens is 1. The fourth-order valence-electron chi connectivity index (χ4n) is 4.71. The van der Waals surface area contributed by atoms with E-state index in [1.807, 2.05) is 40.0 Å². The smallest absolute Gasteiger partial charge is 0.410 e. The first kappa shape index (κ1) is 26.2. The first-order chi connectivity index (χ1) is 17.1. The van der Waals surface area contributed by atoms with Crippen LogP contribution in [-0.2, 0) is 15.9 Å². The van der Waals surface area contributed by atoms with E-state index in [0.29, 0.717) is 36.4 Å². The van der Waals surface area contributed by atoms with Crippen LogP contribution < -0.4 is 9.64 Å². The fourth-order valence-corrected chi connectivity index (χ4v) is 4.71. The standard InChI is InChI=1S/C28H38FN3O4/c1-6-7-10-34-23-11-19-13-24(25(29)14-26(19)31(5)17-23)20-12-22(16-30-15-20)35-21-8-9-32(18-21)27(33)36-28(2,3)4/h12-16,21,23H,6-11,17-18H2,1-5H3/t21-,23?/m1/s1. The molecule has 7 nitrogen and oxygen atoms in total. The van der Waals surface area contributed by atoms with Gasteiger partial charge in [0.1, 0.15) is 23.3 Å². The van der Waals surface area contributed by atoms with Crippen LogP contribution in [0.5, 0.6) is 5.75 Å². The minimum absolute atomic E-state index is 0.0930. The number of likely N-dealkylation sites (tertiary alicyclic amines) is 1. The van der Waals surface area contributed by atoms with Crippen LogP contribution in [0.2, 0.25) is 0 Å². The van der Waals surface area contributed by atoms with Crippen molar-refractivity contribution in [3.05, 3.63) is 42.0 Å². The molecule has 2 aliphatic rings. The zero-order valence-corrected chi connectivity index (χ0v) is 22.1. The van der Waals surface area contributed by atoms with Crippen molar-refractivity contribution in [3.8, 4) is 16.9 Å². The molecular formula is C28H38FN3O4. The molecule has 1 amide bonds. The van der Waals surface area contributed by atoms with Crippen LogP contribution in [0.4, 0.5) is 14.9 Å². The molecule has 0 aliphatic carbocycles. The van der Waals surface area contributed by atoms with E-state index in [1.54, 1.807) is 23.4 Å². The number of amides is 1. The van der Waals surface area contributed by atoms with Crippen molar-refractivity contribution in [2.24, 2.45) is 0 Å². The van der Waals surface area contributed by atoms with E-state index in [-0.39, 0.29) is 24.1 Å². The third-order valence-corrected chi connectivity index (χ3v) is 6.48. The number of unbranched alkanes of at least 4 members (excludes halogenated alkanes) is 1. The van der Waals surface area contributed by atoms with Crippen LogP contribution >= 0.6 is 0 Å². The summed E-state index contributed by atoms with van der Waals surface area (Å²) in [6.45, 7) is 10.2. The van der Waals surface area contributed by atoms with Crippen molar-refractivity contribution >= 4 is 11.8 Å². The highest BCUT2D eigenvalue weighted by molar-refractivity contribution is 5.71. The van der Waals surface area contributed by atoms with Crippen LogP contribution in [-0.4, -0.2) is 67.1 Å². The summed E-state index contributed by atoms with van der Waals surface area (Å²) in [5.74, 6) is 0.264. The Morgan fingerprint density at radius 2 is 1.97 bits per heavy atom. The van der Waals surface area contributed by atoms with Gasteiger partial charge >= 0.3 is 6.09 Å². The largest absolute Gasteiger partial charge is 0.487 e. The molecule has 1 aromatic carbocycles. The van der Waals surface area contributed by atoms with Crippen molar-refractivity contribution in [2.45, 2.75) is 71.2 Å². The number of anilines is 1. The molecule has 2 atom stereocenters. The molecule has 4 rings (SSSR count). The second-order valence-corrected chi connectivity index (χ2v) is 10.8. The Morgan fingerprint density at radius 1 is 1.17 bits per heavy atom. The lowest BCUT2D eigenvalue weighted by molar-refractivity contribution is 0.0275. The number of hydrogen-bond donors (Lipinski definition) is 0. The van der Waals surface area contributed by atoms with Gasteiger partial charge in [-0.25, -0.2) is 9.18 Å². The number of carbonyl (C=O) groups is 1. The maximum atomic E-state index is 15.2. The van der Waals surface area contributed by atoms with Gasteiger partial charge in [0.25, 0.3) is 0 Å². The minimum atomic E-state index is -0.538. The van der Waals surface area contributed by atoms with E-state index >= 15 is 4.39 Å². The van der Waals surface area contributed by atoms with Crippen molar-refractivity contribution in [2.75, 3.05) is 38.2 Å². The van der Waals surface area contributed by atoms with E-state index < -0.39 is 5.60 Å². The number of hydrogen-bond acceptors (Lipinski definition) is 6. The maximum absolute atomic E-state index is 15.2. The van der Waals surface area contributed by atoms with Gasteiger partial charge in [0.05, 0.1) is 18.8 Å². The number of aromatic nitrogens is 1. The first-order valence-corrected chi connectivity index (χ1v) is 12.9. The number of rotatable bonds is 7. The number of benzene rings is 1. The molecule has 36 heavy (non-hydrogen) atoms. The van der Waals surface area contributed by atoms with E-state index in [4.69, 9.17) is 14.2 Å².